The molecule has 0 radical (unpaired) electrons. The fourth-order valence-electron chi connectivity index (χ4n) is 2.90. The van der Waals surface area contributed by atoms with Crippen molar-refractivity contribution in [2.45, 2.75) is 40.5 Å². The van der Waals surface area contributed by atoms with Crippen molar-refractivity contribution in [2.75, 3.05) is 5.32 Å². The summed E-state index contributed by atoms with van der Waals surface area (Å²) in [6.07, 6.45) is 1.58. The summed E-state index contributed by atoms with van der Waals surface area (Å²) in [6.45, 7) is 9.55. The molecule has 27 heavy (non-hydrogen) atoms. The maximum absolute atomic E-state index is 12.5. The van der Waals surface area contributed by atoms with Gasteiger partial charge in [-0.2, -0.15) is 0 Å². The van der Waals surface area contributed by atoms with Gasteiger partial charge in [-0.15, -0.1) is 0 Å². The predicted octanol–water partition coefficient (Wildman–Crippen LogP) is 4.84. The molecule has 0 aliphatic heterocycles. The Labute approximate surface area is 158 Å². The highest BCUT2D eigenvalue weighted by Gasteiger charge is 2.23. The minimum atomic E-state index is -0.372. The quantitative estimate of drug-likeness (QED) is 0.700. The number of carbonyl (C=O) groups is 1. The summed E-state index contributed by atoms with van der Waals surface area (Å²) in [7, 11) is 0. The Morgan fingerprint density at radius 3 is 2.48 bits per heavy atom. The van der Waals surface area contributed by atoms with E-state index in [1.165, 1.54) is 5.56 Å². The van der Waals surface area contributed by atoms with Crippen LogP contribution in [0.5, 0.6) is 11.6 Å². The molecular weight excluding hydrogens is 342 g/mol. The van der Waals surface area contributed by atoms with E-state index in [-0.39, 0.29) is 11.8 Å². The van der Waals surface area contributed by atoms with Crippen LogP contribution in [0.1, 0.15) is 41.0 Å². The normalized spacial score (nSPS) is 11.9. The van der Waals surface area contributed by atoms with Crippen molar-refractivity contribution >= 4 is 11.6 Å². The minimum Gasteiger partial charge on any atom is -0.439 e. The van der Waals surface area contributed by atoms with E-state index in [0.29, 0.717) is 17.3 Å². The molecule has 140 valence electrons. The second-order valence-corrected chi connectivity index (χ2v) is 6.68. The largest absolute Gasteiger partial charge is 0.439 e. The summed E-state index contributed by atoms with van der Waals surface area (Å²) in [5.41, 5.74) is 4.51. The van der Waals surface area contributed by atoms with Gasteiger partial charge in [0.2, 0.25) is 11.8 Å². The molecule has 0 spiro atoms. The highest BCUT2D eigenvalue weighted by Crippen LogP contribution is 2.26. The van der Waals surface area contributed by atoms with Crippen molar-refractivity contribution in [3.8, 4) is 11.6 Å². The van der Waals surface area contributed by atoms with E-state index in [0.717, 1.165) is 22.6 Å². The van der Waals surface area contributed by atoms with Crippen LogP contribution in [0.2, 0.25) is 0 Å². The highest BCUT2D eigenvalue weighted by molar-refractivity contribution is 5.95. The molecule has 0 saturated carbocycles. The number of aromatic nitrogens is 2. The van der Waals surface area contributed by atoms with E-state index in [2.05, 4.69) is 22.4 Å². The van der Waals surface area contributed by atoms with E-state index in [9.17, 15) is 4.79 Å². The lowest BCUT2D eigenvalue weighted by Gasteiger charge is -2.12. The van der Waals surface area contributed by atoms with E-state index in [1.807, 2.05) is 39.0 Å². The summed E-state index contributed by atoms with van der Waals surface area (Å²) in [4.78, 5) is 16.8. The number of nitrogens with one attached hydrogen (secondary N) is 1. The number of carbonyl (C=O) groups excluding carboxylic acids is 1. The van der Waals surface area contributed by atoms with Gasteiger partial charge in [0.15, 0.2) is 0 Å². The maximum atomic E-state index is 12.5. The van der Waals surface area contributed by atoms with Crippen LogP contribution in [0.15, 0.2) is 41.1 Å². The third-order valence-electron chi connectivity index (χ3n) is 4.62. The zero-order chi connectivity index (χ0) is 19.6. The zero-order valence-corrected chi connectivity index (χ0v) is 16.2. The summed E-state index contributed by atoms with van der Waals surface area (Å²) in [5.74, 6) is 1.34. The first kappa shape index (κ1) is 18.6. The fraction of sp³-hybridized carbons (Fsp3) is 0.286. The molecule has 3 rings (SSSR count). The maximum Gasteiger partial charge on any atom is 0.231 e. The lowest BCUT2D eigenvalue weighted by molar-refractivity contribution is -0.117. The van der Waals surface area contributed by atoms with Crippen LogP contribution in [0.3, 0.4) is 0 Å². The third kappa shape index (κ3) is 4.16. The lowest BCUT2D eigenvalue weighted by Crippen LogP contribution is -2.19. The first-order valence-corrected chi connectivity index (χ1v) is 8.80. The average molecular weight is 365 g/mol. The third-order valence-corrected chi connectivity index (χ3v) is 4.62. The SMILES string of the molecule is Cc1ccc(Oc2ccc(NC(=O)C(C)c3c(C)noc3C)cn2)cc1C. The smallest absolute Gasteiger partial charge is 0.231 e. The van der Waals surface area contributed by atoms with Crippen molar-refractivity contribution < 1.29 is 14.1 Å². The number of nitrogens with zero attached hydrogens (tertiary/aromatic N) is 2. The van der Waals surface area contributed by atoms with Gasteiger partial charge in [0, 0.05) is 11.6 Å². The van der Waals surface area contributed by atoms with Gasteiger partial charge < -0.3 is 14.6 Å². The summed E-state index contributed by atoms with van der Waals surface area (Å²) in [6, 6.07) is 9.38. The average Bonchev–Trinajstić information content (AvgIpc) is 2.97. The number of anilines is 1. The van der Waals surface area contributed by atoms with Crippen LogP contribution < -0.4 is 10.1 Å². The molecule has 6 heteroatoms. The molecule has 1 unspecified atom stereocenters. The molecule has 2 aromatic heterocycles. The molecule has 0 saturated heterocycles. The molecule has 1 N–H and O–H groups in total. The van der Waals surface area contributed by atoms with Crippen molar-refractivity contribution in [1.82, 2.24) is 10.1 Å². The fourth-order valence-corrected chi connectivity index (χ4v) is 2.90. The van der Waals surface area contributed by atoms with E-state index < -0.39 is 0 Å². The van der Waals surface area contributed by atoms with Crippen LogP contribution in [0, 0.1) is 27.7 Å². The molecule has 0 fully saturated rings. The monoisotopic (exact) mass is 365 g/mol. The Kier molecular flexibility index (Phi) is 5.26. The molecule has 1 aromatic carbocycles. The Bertz CT molecular complexity index is 942. The molecule has 1 atom stereocenters. The van der Waals surface area contributed by atoms with Crippen LogP contribution in [-0.2, 0) is 4.79 Å². The summed E-state index contributed by atoms with van der Waals surface area (Å²) in [5, 5.41) is 6.77. The van der Waals surface area contributed by atoms with Gasteiger partial charge in [0.25, 0.3) is 0 Å². The van der Waals surface area contributed by atoms with Crippen LogP contribution in [0.25, 0.3) is 0 Å². The minimum absolute atomic E-state index is 0.144. The van der Waals surface area contributed by atoms with Crippen LogP contribution in [-0.4, -0.2) is 16.0 Å². The first-order chi connectivity index (χ1) is 12.8. The van der Waals surface area contributed by atoms with Crippen LogP contribution in [0.4, 0.5) is 5.69 Å². The standard InChI is InChI=1S/C21H23N3O3/c1-12-6-8-18(10-13(12)2)26-19-9-7-17(11-22-19)23-21(25)14(3)20-15(4)24-27-16(20)5/h6-11,14H,1-5H3,(H,23,25). The van der Waals surface area contributed by atoms with E-state index in [4.69, 9.17) is 9.26 Å². The Morgan fingerprint density at radius 1 is 1.11 bits per heavy atom. The lowest BCUT2D eigenvalue weighted by atomic mass is 9.98. The number of rotatable bonds is 5. The second kappa shape index (κ2) is 7.61. The van der Waals surface area contributed by atoms with Gasteiger partial charge in [-0.25, -0.2) is 4.98 Å². The Balaban J connectivity index is 1.66. The van der Waals surface area contributed by atoms with Gasteiger partial charge in [0.05, 0.1) is 23.5 Å². The van der Waals surface area contributed by atoms with Crippen LogP contribution >= 0.6 is 0 Å². The summed E-state index contributed by atoms with van der Waals surface area (Å²) < 4.78 is 10.9. The zero-order valence-electron chi connectivity index (χ0n) is 16.2. The van der Waals surface area contributed by atoms with Gasteiger partial charge in [-0.1, -0.05) is 11.2 Å². The number of ether oxygens (including phenoxy) is 1. The van der Waals surface area contributed by atoms with Gasteiger partial charge in [0.1, 0.15) is 11.5 Å². The number of aryl methyl sites for hydroxylation is 4. The molecule has 1 amide bonds. The predicted molar refractivity (Wildman–Crippen MR) is 103 cm³/mol. The highest BCUT2D eigenvalue weighted by atomic mass is 16.5. The second-order valence-electron chi connectivity index (χ2n) is 6.68. The first-order valence-electron chi connectivity index (χ1n) is 8.80. The molecular formula is C21H23N3O3. The van der Waals surface area contributed by atoms with E-state index in [1.54, 1.807) is 25.3 Å². The van der Waals surface area contributed by atoms with Crippen molar-refractivity contribution in [3.63, 3.8) is 0 Å². The van der Waals surface area contributed by atoms with Crippen molar-refractivity contribution in [2.24, 2.45) is 0 Å². The molecule has 0 aliphatic rings. The Morgan fingerprint density at radius 2 is 1.89 bits per heavy atom. The molecule has 2 heterocycles. The molecule has 0 bridgehead atoms. The Hall–Kier alpha value is -3.15. The number of pyridine rings is 1. The van der Waals surface area contributed by atoms with Crippen molar-refractivity contribution in [1.29, 1.82) is 0 Å². The topological polar surface area (TPSA) is 77.2 Å². The van der Waals surface area contributed by atoms with Crippen molar-refractivity contribution in [3.05, 3.63) is 64.7 Å². The molecule has 0 aliphatic carbocycles. The van der Waals surface area contributed by atoms with Gasteiger partial charge in [-0.3, -0.25) is 4.79 Å². The van der Waals surface area contributed by atoms with Gasteiger partial charge >= 0.3 is 0 Å². The number of hydrogen-bond acceptors (Lipinski definition) is 5. The summed E-state index contributed by atoms with van der Waals surface area (Å²) >= 11 is 0. The van der Waals surface area contributed by atoms with E-state index >= 15 is 0 Å². The number of hydrogen-bond donors (Lipinski definition) is 1. The molecule has 3 aromatic rings. The number of amides is 1. The van der Waals surface area contributed by atoms with Gasteiger partial charge in [-0.05, 0) is 63.9 Å². The number of benzene rings is 1. The molecule has 6 nitrogen and oxygen atoms in total.